The number of piperidine rings is 2. The monoisotopic (exact) mass is 365 g/mol. The Balaban J connectivity index is 1.36. The van der Waals surface area contributed by atoms with E-state index in [-0.39, 0.29) is 6.09 Å². The van der Waals surface area contributed by atoms with Crippen molar-refractivity contribution in [1.29, 1.82) is 0 Å². The van der Waals surface area contributed by atoms with Crippen molar-refractivity contribution in [2.45, 2.75) is 102 Å². The molecule has 3 rings (SSSR count). The van der Waals surface area contributed by atoms with E-state index in [1.807, 2.05) is 25.7 Å². The van der Waals surface area contributed by atoms with Gasteiger partial charge >= 0.3 is 6.09 Å². The molecular formula is C21H39N3O2. The molecule has 2 saturated heterocycles. The average Bonchev–Trinajstić information content (AvgIpc) is 2.62. The van der Waals surface area contributed by atoms with Gasteiger partial charge in [-0.05, 0) is 72.4 Å². The molecule has 1 N–H and O–H groups in total. The number of ether oxygens (including phenoxy) is 1. The van der Waals surface area contributed by atoms with Crippen LogP contribution in [0.3, 0.4) is 0 Å². The highest BCUT2D eigenvalue weighted by Crippen LogP contribution is 2.24. The molecule has 1 amide bonds. The number of carbonyl (C=O) groups is 1. The summed E-state index contributed by atoms with van der Waals surface area (Å²) >= 11 is 0. The van der Waals surface area contributed by atoms with Crippen molar-refractivity contribution in [3.8, 4) is 0 Å². The first-order valence-corrected chi connectivity index (χ1v) is 10.9. The third-order valence-electron chi connectivity index (χ3n) is 6.24. The van der Waals surface area contributed by atoms with E-state index < -0.39 is 5.60 Å². The van der Waals surface area contributed by atoms with E-state index >= 15 is 0 Å². The van der Waals surface area contributed by atoms with E-state index in [0.717, 1.165) is 38.0 Å². The third kappa shape index (κ3) is 5.85. The van der Waals surface area contributed by atoms with Gasteiger partial charge in [0.1, 0.15) is 5.60 Å². The topological polar surface area (TPSA) is 44.8 Å². The van der Waals surface area contributed by atoms with Crippen LogP contribution in [0.25, 0.3) is 0 Å². The van der Waals surface area contributed by atoms with Gasteiger partial charge in [-0.1, -0.05) is 19.3 Å². The van der Waals surface area contributed by atoms with Gasteiger partial charge in [0.15, 0.2) is 0 Å². The van der Waals surface area contributed by atoms with Gasteiger partial charge in [0.25, 0.3) is 0 Å². The molecule has 0 spiro atoms. The molecule has 5 nitrogen and oxygen atoms in total. The molecule has 0 radical (unpaired) electrons. The molecule has 5 heteroatoms. The van der Waals surface area contributed by atoms with Crippen LogP contribution < -0.4 is 5.32 Å². The zero-order valence-electron chi connectivity index (χ0n) is 17.1. The lowest BCUT2D eigenvalue weighted by molar-refractivity contribution is 0.0123. The van der Waals surface area contributed by atoms with Crippen LogP contribution in [0.4, 0.5) is 4.79 Å². The Morgan fingerprint density at radius 1 is 0.846 bits per heavy atom. The van der Waals surface area contributed by atoms with Gasteiger partial charge in [0.05, 0.1) is 0 Å². The molecular weight excluding hydrogens is 326 g/mol. The van der Waals surface area contributed by atoms with Gasteiger partial charge in [-0.15, -0.1) is 0 Å². The fourth-order valence-corrected chi connectivity index (χ4v) is 4.77. The second-order valence-corrected chi connectivity index (χ2v) is 9.51. The molecule has 1 saturated carbocycles. The summed E-state index contributed by atoms with van der Waals surface area (Å²) in [4.78, 5) is 16.8. The number of amides is 1. The Labute approximate surface area is 159 Å². The normalized spacial score (nSPS) is 25.4. The number of nitrogens with one attached hydrogen (secondary N) is 1. The highest BCUT2D eigenvalue weighted by Gasteiger charge is 2.31. The minimum absolute atomic E-state index is 0.147. The summed E-state index contributed by atoms with van der Waals surface area (Å²) in [5, 5.41) is 3.93. The van der Waals surface area contributed by atoms with Gasteiger partial charge in [-0.2, -0.15) is 0 Å². The summed E-state index contributed by atoms with van der Waals surface area (Å²) in [7, 11) is 0. The molecule has 150 valence electrons. The third-order valence-corrected chi connectivity index (χ3v) is 6.24. The van der Waals surface area contributed by atoms with Crippen LogP contribution in [-0.2, 0) is 4.74 Å². The number of carbonyl (C=O) groups excluding carboxylic acids is 1. The van der Waals surface area contributed by atoms with Crippen LogP contribution in [0.1, 0.15) is 78.6 Å². The summed E-state index contributed by atoms with van der Waals surface area (Å²) in [5.41, 5.74) is -0.402. The molecule has 3 aliphatic rings. The lowest BCUT2D eigenvalue weighted by Crippen LogP contribution is -2.52. The molecule has 0 atom stereocenters. The summed E-state index contributed by atoms with van der Waals surface area (Å²) in [6.45, 7) is 9.89. The van der Waals surface area contributed by atoms with Gasteiger partial charge in [-0.25, -0.2) is 4.79 Å². The maximum atomic E-state index is 12.2. The van der Waals surface area contributed by atoms with Crippen LogP contribution in [-0.4, -0.2) is 65.8 Å². The van der Waals surface area contributed by atoms with E-state index in [1.165, 1.54) is 58.0 Å². The molecule has 0 bridgehead atoms. The Morgan fingerprint density at radius 3 is 2.00 bits per heavy atom. The van der Waals surface area contributed by atoms with E-state index in [4.69, 9.17) is 4.74 Å². The number of rotatable bonds is 3. The van der Waals surface area contributed by atoms with Gasteiger partial charge in [0, 0.05) is 31.2 Å². The quantitative estimate of drug-likeness (QED) is 0.827. The molecule has 0 aromatic rings. The SMILES string of the molecule is CC(C)(C)OC(=O)N1CCC(N2CCC(NC3CCCCC3)CC2)CC1. The van der Waals surface area contributed by atoms with E-state index in [0.29, 0.717) is 6.04 Å². The van der Waals surface area contributed by atoms with Gasteiger partial charge in [-0.3, -0.25) is 0 Å². The predicted molar refractivity (Wildman–Crippen MR) is 105 cm³/mol. The molecule has 1 aliphatic carbocycles. The summed E-state index contributed by atoms with van der Waals surface area (Å²) in [6, 6.07) is 2.14. The van der Waals surface area contributed by atoms with Crippen LogP contribution >= 0.6 is 0 Å². The minimum atomic E-state index is -0.402. The minimum Gasteiger partial charge on any atom is -0.444 e. The summed E-state index contributed by atoms with van der Waals surface area (Å²) in [5.74, 6) is 0. The van der Waals surface area contributed by atoms with Crippen molar-refractivity contribution in [3.63, 3.8) is 0 Å². The highest BCUT2D eigenvalue weighted by atomic mass is 16.6. The van der Waals surface area contributed by atoms with Crippen LogP contribution in [0.2, 0.25) is 0 Å². The lowest BCUT2D eigenvalue weighted by atomic mass is 9.93. The van der Waals surface area contributed by atoms with Crippen molar-refractivity contribution in [2.75, 3.05) is 26.2 Å². The van der Waals surface area contributed by atoms with E-state index in [2.05, 4.69) is 10.2 Å². The zero-order chi connectivity index (χ0) is 18.6. The Bertz CT molecular complexity index is 441. The zero-order valence-corrected chi connectivity index (χ0v) is 17.1. The van der Waals surface area contributed by atoms with Crippen molar-refractivity contribution in [3.05, 3.63) is 0 Å². The lowest BCUT2D eigenvalue weighted by Gasteiger charge is -2.42. The Hall–Kier alpha value is -0.810. The Morgan fingerprint density at radius 2 is 1.42 bits per heavy atom. The maximum Gasteiger partial charge on any atom is 0.410 e. The summed E-state index contributed by atoms with van der Waals surface area (Å²) in [6.07, 6.45) is 11.6. The van der Waals surface area contributed by atoms with E-state index in [9.17, 15) is 4.79 Å². The van der Waals surface area contributed by atoms with Gasteiger partial charge in [0.2, 0.25) is 0 Å². The summed E-state index contributed by atoms with van der Waals surface area (Å²) < 4.78 is 5.51. The molecule has 3 fully saturated rings. The molecule has 2 heterocycles. The molecule has 0 aromatic carbocycles. The molecule has 0 aromatic heterocycles. The first-order chi connectivity index (χ1) is 12.4. The number of hydrogen-bond donors (Lipinski definition) is 1. The highest BCUT2D eigenvalue weighted by molar-refractivity contribution is 5.68. The Kier molecular flexibility index (Phi) is 6.84. The van der Waals surface area contributed by atoms with Crippen LogP contribution in [0, 0.1) is 0 Å². The largest absolute Gasteiger partial charge is 0.444 e. The predicted octanol–water partition coefficient (Wildman–Crippen LogP) is 3.77. The second kappa shape index (κ2) is 8.92. The van der Waals surface area contributed by atoms with Crippen molar-refractivity contribution >= 4 is 6.09 Å². The van der Waals surface area contributed by atoms with E-state index in [1.54, 1.807) is 0 Å². The van der Waals surface area contributed by atoms with Crippen molar-refractivity contribution < 1.29 is 9.53 Å². The fraction of sp³-hybridized carbons (Fsp3) is 0.952. The number of likely N-dealkylation sites (tertiary alicyclic amines) is 2. The first kappa shape index (κ1) is 19.9. The number of hydrogen-bond acceptors (Lipinski definition) is 4. The molecule has 0 unspecified atom stereocenters. The number of nitrogens with zero attached hydrogens (tertiary/aromatic N) is 2. The van der Waals surface area contributed by atoms with Crippen molar-refractivity contribution in [2.24, 2.45) is 0 Å². The second-order valence-electron chi connectivity index (χ2n) is 9.51. The standard InChI is InChI=1S/C21H39N3O2/c1-21(2,3)26-20(25)24-15-11-19(12-16-24)23-13-9-18(10-14-23)22-17-7-5-4-6-8-17/h17-19,22H,4-16H2,1-3H3. The molecule has 2 aliphatic heterocycles. The fourth-order valence-electron chi connectivity index (χ4n) is 4.77. The average molecular weight is 366 g/mol. The smallest absolute Gasteiger partial charge is 0.410 e. The van der Waals surface area contributed by atoms with Crippen LogP contribution in [0.15, 0.2) is 0 Å². The first-order valence-electron chi connectivity index (χ1n) is 10.9. The maximum absolute atomic E-state index is 12.2. The molecule has 26 heavy (non-hydrogen) atoms. The van der Waals surface area contributed by atoms with Gasteiger partial charge < -0.3 is 19.9 Å². The van der Waals surface area contributed by atoms with Crippen molar-refractivity contribution in [1.82, 2.24) is 15.1 Å². The van der Waals surface area contributed by atoms with Crippen LogP contribution in [0.5, 0.6) is 0 Å².